The molecular formula is C17H16Cl2N2. The number of aromatic nitrogens is 2. The molecule has 3 aromatic rings. The van der Waals surface area contributed by atoms with Crippen LogP contribution in [0.3, 0.4) is 0 Å². The van der Waals surface area contributed by atoms with Crippen molar-refractivity contribution in [2.45, 2.75) is 25.8 Å². The number of aryl methyl sites for hydroxylation is 1. The fraction of sp³-hybridized carbons (Fsp3) is 0.235. The molecule has 0 bridgehead atoms. The number of nitrogens with zero attached hydrogens (tertiary/aromatic N) is 2. The number of hydrogen-bond acceptors (Lipinski definition) is 1. The zero-order chi connectivity index (χ0) is 15.0. The number of para-hydroxylation sites is 1. The molecule has 1 heterocycles. The second kappa shape index (κ2) is 5.70. The average Bonchev–Trinajstić information content (AvgIpc) is 2.82. The van der Waals surface area contributed by atoms with Gasteiger partial charge in [-0.05, 0) is 43.2 Å². The first-order valence-electron chi connectivity index (χ1n) is 6.90. The van der Waals surface area contributed by atoms with E-state index in [1.807, 2.05) is 31.2 Å². The molecule has 3 rings (SSSR count). The molecular weight excluding hydrogens is 303 g/mol. The van der Waals surface area contributed by atoms with Crippen molar-refractivity contribution in [2.24, 2.45) is 0 Å². The van der Waals surface area contributed by atoms with Gasteiger partial charge in [-0.2, -0.15) is 0 Å². The summed E-state index contributed by atoms with van der Waals surface area (Å²) >= 11 is 12.3. The Kier molecular flexibility index (Phi) is 3.92. The van der Waals surface area contributed by atoms with Crippen LogP contribution in [0.5, 0.6) is 0 Å². The van der Waals surface area contributed by atoms with Crippen molar-refractivity contribution < 1.29 is 0 Å². The molecule has 0 N–H and O–H groups in total. The van der Waals surface area contributed by atoms with E-state index >= 15 is 0 Å². The predicted molar refractivity (Wildman–Crippen MR) is 89.3 cm³/mol. The molecule has 0 aliphatic rings. The molecule has 1 aromatic heterocycles. The maximum Gasteiger partial charge on any atom is 0.128 e. The topological polar surface area (TPSA) is 17.8 Å². The second-order valence-electron chi connectivity index (χ2n) is 5.24. The lowest BCUT2D eigenvalue weighted by Crippen LogP contribution is -2.05. The Hall–Kier alpha value is -1.51. The third-order valence-electron chi connectivity index (χ3n) is 3.62. The van der Waals surface area contributed by atoms with Crippen LogP contribution in [0.25, 0.3) is 11.0 Å². The van der Waals surface area contributed by atoms with Gasteiger partial charge in [0.15, 0.2) is 0 Å². The number of alkyl halides is 1. The van der Waals surface area contributed by atoms with Crippen LogP contribution in [-0.4, -0.2) is 9.55 Å². The molecule has 0 spiro atoms. The standard InChI is InChI=1S/C17H16Cl2N2/c1-11-4-3-5-15-16(11)20-17(12(2)18)21(15)10-13-6-8-14(19)9-7-13/h3-9,12H,10H2,1-2H3. The summed E-state index contributed by atoms with van der Waals surface area (Å²) in [6, 6.07) is 14.1. The van der Waals surface area contributed by atoms with Crippen LogP contribution in [-0.2, 0) is 6.54 Å². The summed E-state index contributed by atoms with van der Waals surface area (Å²) in [5.41, 5.74) is 4.49. The number of imidazole rings is 1. The van der Waals surface area contributed by atoms with Crippen LogP contribution in [0.2, 0.25) is 5.02 Å². The van der Waals surface area contributed by atoms with E-state index in [2.05, 4.69) is 29.7 Å². The maximum atomic E-state index is 6.32. The molecule has 1 atom stereocenters. The number of halogens is 2. The zero-order valence-electron chi connectivity index (χ0n) is 12.0. The fourth-order valence-corrected chi connectivity index (χ4v) is 2.84. The summed E-state index contributed by atoms with van der Waals surface area (Å²) in [5, 5.41) is 0.611. The van der Waals surface area contributed by atoms with E-state index in [1.165, 1.54) is 11.1 Å². The lowest BCUT2D eigenvalue weighted by atomic mass is 10.2. The molecule has 0 fully saturated rings. The monoisotopic (exact) mass is 318 g/mol. The number of hydrogen-bond donors (Lipinski definition) is 0. The quantitative estimate of drug-likeness (QED) is 0.595. The van der Waals surface area contributed by atoms with Crippen LogP contribution in [0.4, 0.5) is 0 Å². The Morgan fingerprint density at radius 3 is 2.52 bits per heavy atom. The predicted octanol–water partition coefficient (Wildman–Crippen LogP) is 5.35. The van der Waals surface area contributed by atoms with Crippen molar-refractivity contribution in [3.63, 3.8) is 0 Å². The van der Waals surface area contributed by atoms with Gasteiger partial charge in [0.1, 0.15) is 5.82 Å². The van der Waals surface area contributed by atoms with Gasteiger partial charge in [0, 0.05) is 11.6 Å². The van der Waals surface area contributed by atoms with Gasteiger partial charge in [0.05, 0.1) is 16.4 Å². The third kappa shape index (κ3) is 2.78. The largest absolute Gasteiger partial charge is 0.322 e. The van der Waals surface area contributed by atoms with Crippen LogP contribution in [0, 0.1) is 6.92 Å². The van der Waals surface area contributed by atoms with E-state index in [4.69, 9.17) is 28.2 Å². The van der Waals surface area contributed by atoms with E-state index in [9.17, 15) is 0 Å². The van der Waals surface area contributed by atoms with Gasteiger partial charge in [0.25, 0.3) is 0 Å². The summed E-state index contributed by atoms with van der Waals surface area (Å²) < 4.78 is 2.18. The second-order valence-corrected chi connectivity index (χ2v) is 6.33. The highest BCUT2D eigenvalue weighted by Crippen LogP contribution is 2.27. The first-order chi connectivity index (χ1) is 10.1. The van der Waals surface area contributed by atoms with Crippen molar-refractivity contribution in [1.29, 1.82) is 0 Å². The molecule has 1 unspecified atom stereocenters. The van der Waals surface area contributed by atoms with Crippen LogP contribution in [0.15, 0.2) is 42.5 Å². The van der Waals surface area contributed by atoms with E-state index in [1.54, 1.807) is 0 Å². The van der Waals surface area contributed by atoms with E-state index in [-0.39, 0.29) is 5.38 Å². The Balaban J connectivity index is 2.13. The molecule has 0 radical (unpaired) electrons. The van der Waals surface area contributed by atoms with Gasteiger partial charge in [0.2, 0.25) is 0 Å². The Morgan fingerprint density at radius 1 is 1.14 bits per heavy atom. The number of benzene rings is 2. The minimum absolute atomic E-state index is 0.135. The van der Waals surface area contributed by atoms with Crippen LogP contribution in [0.1, 0.15) is 29.3 Å². The van der Waals surface area contributed by atoms with Crippen molar-refractivity contribution >= 4 is 34.2 Å². The minimum atomic E-state index is -0.135. The minimum Gasteiger partial charge on any atom is -0.322 e. The SMILES string of the molecule is Cc1cccc2c1nc(C(C)Cl)n2Cc1ccc(Cl)cc1. The molecule has 4 heteroatoms. The molecule has 0 amide bonds. The van der Waals surface area contributed by atoms with Crippen molar-refractivity contribution in [2.75, 3.05) is 0 Å². The number of fused-ring (bicyclic) bond motifs is 1. The lowest BCUT2D eigenvalue weighted by Gasteiger charge is -2.11. The normalized spacial score (nSPS) is 12.8. The van der Waals surface area contributed by atoms with Gasteiger partial charge in [-0.3, -0.25) is 0 Å². The summed E-state index contributed by atoms with van der Waals surface area (Å²) in [4.78, 5) is 4.73. The maximum absolute atomic E-state index is 6.32. The van der Waals surface area contributed by atoms with Gasteiger partial charge < -0.3 is 4.57 Å². The number of rotatable bonds is 3. The third-order valence-corrected chi connectivity index (χ3v) is 4.07. The summed E-state index contributed by atoms with van der Waals surface area (Å²) in [6.07, 6.45) is 0. The highest BCUT2D eigenvalue weighted by Gasteiger charge is 2.16. The molecule has 0 saturated heterocycles. The molecule has 0 saturated carbocycles. The lowest BCUT2D eigenvalue weighted by molar-refractivity contribution is 0.742. The fourth-order valence-electron chi connectivity index (χ4n) is 2.55. The summed E-state index contributed by atoms with van der Waals surface area (Å²) in [7, 11) is 0. The van der Waals surface area contributed by atoms with Crippen molar-refractivity contribution in [3.8, 4) is 0 Å². The summed E-state index contributed by atoms with van der Waals surface area (Å²) in [6.45, 7) is 4.77. The van der Waals surface area contributed by atoms with Crippen LogP contribution >= 0.6 is 23.2 Å². The first kappa shape index (κ1) is 14.4. The van der Waals surface area contributed by atoms with Crippen LogP contribution < -0.4 is 0 Å². The van der Waals surface area contributed by atoms with E-state index in [0.29, 0.717) is 0 Å². The molecule has 2 nitrogen and oxygen atoms in total. The Labute approximate surface area is 134 Å². The van der Waals surface area contributed by atoms with Gasteiger partial charge >= 0.3 is 0 Å². The zero-order valence-corrected chi connectivity index (χ0v) is 13.5. The van der Waals surface area contributed by atoms with Gasteiger partial charge in [-0.15, -0.1) is 11.6 Å². The van der Waals surface area contributed by atoms with Gasteiger partial charge in [-0.1, -0.05) is 35.9 Å². The van der Waals surface area contributed by atoms with Gasteiger partial charge in [-0.25, -0.2) is 4.98 Å². The van der Waals surface area contributed by atoms with E-state index < -0.39 is 0 Å². The molecule has 108 valence electrons. The molecule has 0 aliphatic carbocycles. The molecule has 0 aliphatic heterocycles. The molecule has 21 heavy (non-hydrogen) atoms. The van der Waals surface area contributed by atoms with Crippen molar-refractivity contribution in [3.05, 3.63) is 64.4 Å². The first-order valence-corrected chi connectivity index (χ1v) is 7.72. The Bertz CT molecular complexity index is 773. The molecule has 2 aromatic carbocycles. The van der Waals surface area contributed by atoms with Crippen molar-refractivity contribution in [1.82, 2.24) is 9.55 Å². The highest BCUT2D eigenvalue weighted by atomic mass is 35.5. The average molecular weight is 319 g/mol. The Morgan fingerprint density at radius 2 is 1.86 bits per heavy atom. The summed E-state index contributed by atoms with van der Waals surface area (Å²) in [5.74, 6) is 0.899. The van der Waals surface area contributed by atoms with E-state index in [0.717, 1.165) is 28.4 Å². The smallest absolute Gasteiger partial charge is 0.128 e. The highest BCUT2D eigenvalue weighted by molar-refractivity contribution is 6.30.